The van der Waals surface area contributed by atoms with Crippen LogP contribution in [0.3, 0.4) is 0 Å². The highest BCUT2D eigenvalue weighted by atomic mass is 33.1. The van der Waals surface area contributed by atoms with Crippen molar-refractivity contribution in [2.75, 3.05) is 51.6 Å². The Morgan fingerprint density at radius 2 is 1.84 bits per heavy atom. The maximum atomic E-state index is 8.90. The molecule has 0 spiro atoms. The molecular weight excluding hydrogens is 278 g/mol. The average molecular weight is 299 g/mol. The van der Waals surface area contributed by atoms with E-state index in [1.165, 1.54) is 0 Å². The monoisotopic (exact) mass is 299 g/mol. The van der Waals surface area contributed by atoms with Gasteiger partial charge in [-0.1, -0.05) is 16.9 Å². The van der Waals surface area contributed by atoms with Crippen LogP contribution in [0.1, 0.15) is 0 Å². The Morgan fingerprint density at radius 1 is 1.11 bits per heavy atom. The van der Waals surface area contributed by atoms with Crippen LogP contribution >= 0.6 is 21.6 Å². The van der Waals surface area contributed by atoms with Crippen LogP contribution in [-0.2, 0) is 0 Å². The van der Waals surface area contributed by atoms with Gasteiger partial charge in [-0.05, 0) is 22.9 Å². The summed E-state index contributed by atoms with van der Waals surface area (Å²) in [4.78, 5) is 9.12. The maximum Gasteiger partial charge on any atom is 0.106 e. The summed E-state index contributed by atoms with van der Waals surface area (Å²) in [5, 5.41) is 9.98. The van der Waals surface area contributed by atoms with E-state index in [1.807, 2.05) is 35.2 Å². The van der Waals surface area contributed by atoms with E-state index in [4.69, 9.17) is 5.11 Å². The lowest BCUT2D eigenvalue weighted by molar-refractivity contribution is 0.117. The van der Waals surface area contributed by atoms with Crippen molar-refractivity contribution in [1.82, 2.24) is 14.8 Å². The van der Waals surface area contributed by atoms with Crippen LogP contribution in [0.15, 0.2) is 29.4 Å². The molecule has 0 atom stereocenters. The molecule has 0 amide bonds. The van der Waals surface area contributed by atoms with E-state index in [-0.39, 0.29) is 6.61 Å². The highest BCUT2D eigenvalue weighted by Crippen LogP contribution is 2.28. The molecule has 1 fully saturated rings. The van der Waals surface area contributed by atoms with Gasteiger partial charge in [0.1, 0.15) is 5.03 Å². The number of piperazine rings is 1. The predicted octanol–water partition coefficient (Wildman–Crippen LogP) is 1.43. The summed E-state index contributed by atoms with van der Waals surface area (Å²) in [7, 11) is 3.62. The second kappa shape index (κ2) is 8.81. The third kappa shape index (κ3) is 5.71. The molecule has 2 heterocycles. The zero-order chi connectivity index (χ0) is 13.3. The number of β-amino-alcohol motifs (C(OH)–C–C–N with tert-alkyl or cyclic N) is 1. The fraction of sp³-hybridized carbons (Fsp3) is 0.615. The molecule has 0 aliphatic carbocycles. The first kappa shape index (κ1) is 15.1. The molecule has 19 heavy (non-hydrogen) atoms. The first-order valence-electron chi connectivity index (χ1n) is 6.64. The minimum Gasteiger partial charge on any atom is -0.395 e. The Balaban J connectivity index is 1.55. The van der Waals surface area contributed by atoms with Gasteiger partial charge in [0.25, 0.3) is 0 Å². The summed E-state index contributed by atoms with van der Waals surface area (Å²) in [6, 6.07) is 6.02. The zero-order valence-electron chi connectivity index (χ0n) is 11.1. The van der Waals surface area contributed by atoms with Crippen LogP contribution < -0.4 is 0 Å². The summed E-state index contributed by atoms with van der Waals surface area (Å²) in [6.07, 6.45) is 1.84. The molecule has 1 aromatic heterocycles. The van der Waals surface area contributed by atoms with Crippen molar-refractivity contribution in [3.8, 4) is 0 Å². The number of pyridine rings is 1. The van der Waals surface area contributed by atoms with Gasteiger partial charge in [0, 0.05) is 51.2 Å². The zero-order valence-corrected chi connectivity index (χ0v) is 12.7. The van der Waals surface area contributed by atoms with Crippen molar-refractivity contribution in [3.63, 3.8) is 0 Å². The van der Waals surface area contributed by atoms with Crippen molar-refractivity contribution in [3.05, 3.63) is 24.4 Å². The van der Waals surface area contributed by atoms with Gasteiger partial charge in [-0.15, -0.1) is 0 Å². The summed E-state index contributed by atoms with van der Waals surface area (Å²) in [6.45, 7) is 6.63. The normalized spacial score (nSPS) is 17.7. The molecule has 1 aliphatic heterocycles. The lowest BCUT2D eigenvalue weighted by Crippen LogP contribution is -2.47. The summed E-state index contributed by atoms with van der Waals surface area (Å²) < 4.78 is 0. The number of hydrogen-bond acceptors (Lipinski definition) is 6. The topological polar surface area (TPSA) is 39.6 Å². The molecule has 4 nitrogen and oxygen atoms in total. The highest BCUT2D eigenvalue weighted by Gasteiger charge is 2.15. The van der Waals surface area contributed by atoms with Gasteiger partial charge in [-0.3, -0.25) is 9.80 Å². The van der Waals surface area contributed by atoms with E-state index < -0.39 is 0 Å². The molecule has 1 aromatic rings. The number of hydrogen-bond donors (Lipinski definition) is 1. The van der Waals surface area contributed by atoms with E-state index in [1.54, 1.807) is 10.8 Å². The van der Waals surface area contributed by atoms with Crippen LogP contribution in [0.25, 0.3) is 0 Å². The second-order valence-electron chi connectivity index (χ2n) is 4.48. The number of nitrogens with zero attached hydrogens (tertiary/aromatic N) is 3. The predicted molar refractivity (Wildman–Crippen MR) is 82.5 cm³/mol. The quantitative estimate of drug-likeness (QED) is 0.607. The van der Waals surface area contributed by atoms with Crippen LogP contribution in [0.2, 0.25) is 0 Å². The van der Waals surface area contributed by atoms with Gasteiger partial charge in [0.05, 0.1) is 6.61 Å². The standard InChI is InChI=1S/C13H21N3OS2/c17-11-9-15-5-7-16(8-6-15)10-12-18-19-13-3-1-2-4-14-13/h1-4,17H,5-12H2. The van der Waals surface area contributed by atoms with E-state index in [0.29, 0.717) is 0 Å². The van der Waals surface area contributed by atoms with E-state index in [0.717, 1.165) is 50.0 Å². The Labute approximate surface area is 123 Å². The van der Waals surface area contributed by atoms with Gasteiger partial charge < -0.3 is 5.11 Å². The molecule has 0 aromatic carbocycles. The Bertz CT molecular complexity index is 345. The SMILES string of the molecule is OCCN1CCN(CCSSc2ccccn2)CC1. The number of rotatable bonds is 7. The third-order valence-corrected chi connectivity index (χ3v) is 5.40. The molecule has 1 aliphatic rings. The van der Waals surface area contributed by atoms with Crippen molar-refractivity contribution >= 4 is 21.6 Å². The Morgan fingerprint density at radius 3 is 2.47 bits per heavy atom. The van der Waals surface area contributed by atoms with Crippen molar-refractivity contribution < 1.29 is 5.11 Å². The van der Waals surface area contributed by atoms with Crippen LogP contribution in [-0.4, -0.2) is 71.5 Å². The van der Waals surface area contributed by atoms with Crippen molar-refractivity contribution in [2.45, 2.75) is 5.03 Å². The summed E-state index contributed by atoms with van der Waals surface area (Å²) in [5.41, 5.74) is 0. The van der Waals surface area contributed by atoms with Gasteiger partial charge in [0.2, 0.25) is 0 Å². The van der Waals surface area contributed by atoms with Crippen LogP contribution in [0.5, 0.6) is 0 Å². The molecule has 0 unspecified atom stereocenters. The summed E-state index contributed by atoms with van der Waals surface area (Å²) in [5.74, 6) is 1.13. The molecule has 1 saturated heterocycles. The molecule has 0 saturated carbocycles. The highest BCUT2D eigenvalue weighted by molar-refractivity contribution is 8.76. The molecular formula is C13H21N3OS2. The maximum absolute atomic E-state index is 8.90. The molecule has 0 radical (unpaired) electrons. The smallest absolute Gasteiger partial charge is 0.106 e. The lowest BCUT2D eigenvalue weighted by Gasteiger charge is -2.34. The molecule has 6 heteroatoms. The van der Waals surface area contributed by atoms with Crippen LogP contribution in [0, 0.1) is 0 Å². The van der Waals surface area contributed by atoms with E-state index in [9.17, 15) is 0 Å². The molecule has 106 valence electrons. The number of aliphatic hydroxyl groups is 1. The fourth-order valence-electron chi connectivity index (χ4n) is 2.04. The molecule has 1 N–H and O–H groups in total. The minimum absolute atomic E-state index is 0.274. The van der Waals surface area contributed by atoms with Gasteiger partial charge in [0.15, 0.2) is 0 Å². The fourth-order valence-corrected chi connectivity index (χ4v) is 3.95. The van der Waals surface area contributed by atoms with Crippen molar-refractivity contribution in [1.29, 1.82) is 0 Å². The van der Waals surface area contributed by atoms with Crippen molar-refractivity contribution in [2.24, 2.45) is 0 Å². The first-order chi connectivity index (χ1) is 9.38. The van der Waals surface area contributed by atoms with Crippen LogP contribution in [0.4, 0.5) is 0 Å². The average Bonchev–Trinajstić information content (AvgIpc) is 2.47. The number of aliphatic hydroxyl groups excluding tert-OH is 1. The molecule has 2 rings (SSSR count). The largest absolute Gasteiger partial charge is 0.395 e. The summed E-state index contributed by atoms with van der Waals surface area (Å²) >= 11 is 0. The van der Waals surface area contributed by atoms with E-state index >= 15 is 0 Å². The third-order valence-electron chi connectivity index (χ3n) is 3.15. The van der Waals surface area contributed by atoms with E-state index in [2.05, 4.69) is 14.8 Å². The van der Waals surface area contributed by atoms with Gasteiger partial charge >= 0.3 is 0 Å². The lowest BCUT2D eigenvalue weighted by atomic mass is 10.3. The first-order valence-corrected chi connectivity index (χ1v) is 8.96. The Hall–Kier alpha value is -0.270. The Kier molecular flexibility index (Phi) is 7.02. The second-order valence-corrected chi connectivity index (χ2v) is 6.92. The number of aromatic nitrogens is 1. The molecule has 0 bridgehead atoms. The minimum atomic E-state index is 0.274. The van der Waals surface area contributed by atoms with Gasteiger partial charge in [-0.25, -0.2) is 4.98 Å². The van der Waals surface area contributed by atoms with Gasteiger partial charge in [-0.2, -0.15) is 0 Å².